The van der Waals surface area contributed by atoms with Crippen LogP contribution in [-0.4, -0.2) is 22.6 Å². The number of aromatic nitrogens is 2. The molecule has 2 rings (SSSR count). The quantitative estimate of drug-likeness (QED) is 0.704. The summed E-state index contributed by atoms with van der Waals surface area (Å²) in [5.41, 5.74) is 11.6. The lowest BCUT2D eigenvalue weighted by molar-refractivity contribution is 0.100. The molecule has 0 saturated carbocycles. The Hall–Kier alpha value is -2.41. The summed E-state index contributed by atoms with van der Waals surface area (Å²) in [7, 11) is 0. The third-order valence-corrected chi connectivity index (χ3v) is 2.22. The Bertz CT molecular complexity index is 552. The van der Waals surface area contributed by atoms with Gasteiger partial charge in [0.2, 0.25) is 11.8 Å². The van der Waals surface area contributed by atoms with Gasteiger partial charge in [0.25, 0.3) is 0 Å². The summed E-state index contributed by atoms with van der Waals surface area (Å²) in [5, 5.41) is 10.5. The molecule has 0 radical (unpaired) electrons. The number of hydrogen-bond acceptors (Lipinski definition) is 6. The zero-order chi connectivity index (χ0) is 13.0. The molecule has 0 aliphatic carbocycles. The summed E-state index contributed by atoms with van der Waals surface area (Å²) in [6.45, 7) is 0.443. The van der Waals surface area contributed by atoms with Gasteiger partial charge in [0.05, 0.1) is 0 Å². The maximum atomic E-state index is 11.0. The highest BCUT2D eigenvalue weighted by molar-refractivity contribution is 5.93. The second-order valence-electron chi connectivity index (χ2n) is 3.61. The molecule has 0 aliphatic rings. The number of carbonyl (C=O) groups is 1. The zero-order valence-corrected chi connectivity index (χ0v) is 9.59. The Morgan fingerprint density at radius 3 is 2.94 bits per heavy atom. The van der Waals surface area contributed by atoms with Crippen LogP contribution in [0, 0.1) is 0 Å². The first kappa shape index (κ1) is 12.1. The van der Waals surface area contributed by atoms with Crippen LogP contribution < -0.4 is 16.8 Å². The summed E-state index contributed by atoms with van der Waals surface area (Å²) >= 11 is 0. The van der Waals surface area contributed by atoms with Gasteiger partial charge in [0.1, 0.15) is 0 Å². The van der Waals surface area contributed by atoms with E-state index in [-0.39, 0.29) is 6.01 Å². The van der Waals surface area contributed by atoms with Gasteiger partial charge in [-0.15, -0.1) is 5.10 Å². The first-order valence-corrected chi connectivity index (χ1v) is 5.38. The lowest BCUT2D eigenvalue weighted by Gasteiger charge is -2.02. The van der Waals surface area contributed by atoms with Crippen LogP contribution in [-0.2, 0) is 6.42 Å². The highest BCUT2D eigenvalue weighted by Gasteiger charge is 2.06. The van der Waals surface area contributed by atoms with Crippen LogP contribution in [0.3, 0.4) is 0 Å². The summed E-state index contributed by atoms with van der Waals surface area (Å²) in [4.78, 5) is 11.0. The second-order valence-corrected chi connectivity index (χ2v) is 3.61. The van der Waals surface area contributed by atoms with Crippen LogP contribution >= 0.6 is 0 Å². The number of primary amides is 1. The molecule has 5 N–H and O–H groups in total. The van der Waals surface area contributed by atoms with E-state index in [0.29, 0.717) is 30.1 Å². The second kappa shape index (κ2) is 5.28. The van der Waals surface area contributed by atoms with Gasteiger partial charge in [0, 0.05) is 24.2 Å². The van der Waals surface area contributed by atoms with Gasteiger partial charge < -0.3 is 21.2 Å². The van der Waals surface area contributed by atoms with Gasteiger partial charge in [-0.3, -0.25) is 4.79 Å². The summed E-state index contributed by atoms with van der Waals surface area (Å²) in [6.07, 6.45) is 0.524. The molecule has 0 saturated heterocycles. The monoisotopic (exact) mass is 247 g/mol. The fourth-order valence-corrected chi connectivity index (χ4v) is 1.40. The highest BCUT2D eigenvalue weighted by atomic mass is 16.4. The molecule has 18 heavy (non-hydrogen) atoms. The minimum atomic E-state index is -0.493. The summed E-state index contributed by atoms with van der Waals surface area (Å²) < 4.78 is 5.30. The number of benzene rings is 1. The topological polar surface area (TPSA) is 120 Å². The van der Waals surface area contributed by atoms with E-state index in [4.69, 9.17) is 15.9 Å². The maximum absolute atomic E-state index is 11.0. The summed E-state index contributed by atoms with van der Waals surface area (Å²) in [5.74, 6) is -0.0287. The normalized spacial score (nSPS) is 10.3. The number of anilines is 2. The Morgan fingerprint density at radius 2 is 2.22 bits per heavy atom. The number of nitrogens with zero attached hydrogens (tertiary/aromatic N) is 2. The number of rotatable bonds is 5. The zero-order valence-electron chi connectivity index (χ0n) is 9.59. The van der Waals surface area contributed by atoms with E-state index in [1.807, 2.05) is 0 Å². The van der Waals surface area contributed by atoms with Crippen molar-refractivity contribution < 1.29 is 9.21 Å². The largest absolute Gasteiger partial charge is 0.408 e. The molecule has 7 heteroatoms. The number of nitrogens with one attached hydrogen (secondary N) is 1. The molecular formula is C11H13N5O2. The van der Waals surface area contributed by atoms with Crippen LogP contribution in [0.4, 0.5) is 11.7 Å². The Balaban J connectivity index is 2.12. The van der Waals surface area contributed by atoms with Crippen molar-refractivity contribution >= 4 is 17.6 Å². The van der Waals surface area contributed by atoms with E-state index in [1.54, 1.807) is 24.3 Å². The van der Waals surface area contributed by atoms with Gasteiger partial charge in [0.15, 0.2) is 0 Å². The smallest absolute Gasteiger partial charge is 0.320 e. The first-order chi connectivity index (χ1) is 8.69. The summed E-state index contributed by atoms with van der Waals surface area (Å²) in [6, 6.07) is 6.95. The van der Waals surface area contributed by atoms with Crippen LogP contribution in [0.1, 0.15) is 16.2 Å². The molecule has 1 amide bonds. The van der Waals surface area contributed by atoms with Gasteiger partial charge in [-0.05, 0) is 18.2 Å². The first-order valence-electron chi connectivity index (χ1n) is 5.38. The van der Waals surface area contributed by atoms with Crippen LogP contribution in [0.2, 0.25) is 0 Å². The number of amides is 1. The molecule has 1 aromatic heterocycles. The molecule has 0 spiro atoms. The number of hydrogen-bond donors (Lipinski definition) is 3. The van der Waals surface area contributed by atoms with Gasteiger partial charge >= 0.3 is 6.01 Å². The molecule has 1 aromatic carbocycles. The van der Waals surface area contributed by atoms with Gasteiger partial charge in [-0.2, -0.15) is 0 Å². The molecule has 7 nitrogen and oxygen atoms in total. The Labute approximate surface area is 103 Å². The number of carbonyl (C=O) groups excluding carboxylic acids is 1. The molecular weight excluding hydrogens is 234 g/mol. The SMILES string of the molecule is NCCc1nnc(Nc2cccc(C(N)=O)c2)o1. The van der Waals surface area contributed by atoms with Crippen molar-refractivity contribution in [3.05, 3.63) is 35.7 Å². The van der Waals surface area contributed by atoms with Crippen LogP contribution in [0.5, 0.6) is 0 Å². The van der Waals surface area contributed by atoms with Crippen molar-refractivity contribution in [2.75, 3.05) is 11.9 Å². The van der Waals surface area contributed by atoms with Crippen molar-refractivity contribution in [1.29, 1.82) is 0 Å². The molecule has 0 fully saturated rings. The predicted molar refractivity (Wildman–Crippen MR) is 65.3 cm³/mol. The van der Waals surface area contributed by atoms with Crippen molar-refractivity contribution in [3.8, 4) is 0 Å². The molecule has 94 valence electrons. The highest BCUT2D eigenvalue weighted by Crippen LogP contribution is 2.16. The van der Waals surface area contributed by atoms with Crippen LogP contribution in [0.25, 0.3) is 0 Å². The van der Waals surface area contributed by atoms with Crippen molar-refractivity contribution in [1.82, 2.24) is 10.2 Å². The van der Waals surface area contributed by atoms with Crippen LogP contribution in [0.15, 0.2) is 28.7 Å². The minimum Gasteiger partial charge on any atom is -0.408 e. The maximum Gasteiger partial charge on any atom is 0.320 e. The third kappa shape index (κ3) is 2.83. The third-order valence-electron chi connectivity index (χ3n) is 2.22. The van der Waals surface area contributed by atoms with Crippen molar-refractivity contribution in [2.45, 2.75) is 6.42 Å². The van der Waals surface area contributed by atoms with E-state index in [1.165, 1.54) is 0 Å². The lowest BCUT2D eigenvalue weighted by atomic mass is 10.2. The predicted octanol–water partition coefficient (Wildman–Crippen LogP) is 0.413. The Kier molecular flexibility index (Phi) is 3.54. The fraction of sp³-hybridized carbons (Fsp3) is 0.182. The van der Waals surface area contributed by atoms with E-state index < -0.39 is 5.91 Å². The minimum absolute atomic E-state index is 0.250. The lowest BCUT2D eigenvalue weighted by Crippen LogP contribution is -2.10. The van der Waals surface area contributed by atoms with Crippen molar-refractivity contribution in [3.63, 3.8) is 0 Å². The molecule has 0 unspecified atom stereocenters. The van der Waals surface area contributed by atoms with Gasteiger partial charge in [-0.25, -0.2) is 0 Å². The molecule has 0 aliphatic heterocycles. The standard InChI is InChI=1S/C11H13N5O2/c12-5-4-9-15-16-11(18-9)14-8-3-1-2-7(6-8)10(13)17/h1-3,6H,4-5,12H2,(H2,13,17)(H,14,16). The van der Waals surface area contributed by atoms with E-state index in [2.05, 4.69) is 15.5 Å². The number of nitrogens with two attached hydrogens (primary N) is 2. The average Bonchev–Trinajstić information content (AvgIpc) is 2.77. The molecule has 0 atom stereocenters. The van der Waals surface area contributed by atoms with E-state index in [9.17, 15) is 4.79 Å². The Morgan fingerprint density at radius 1 is 1.39 bits per heavy atom. The average molecular weight is 247 g/mol. The molecule has 0 bridgehead atoms. The molecule has 1 heterocycles. The van der Waals surface area contributed by atoms with Crippen molar-refractivity contribution in [2.24, 2.45) is 11.5 Å². The van der Waals surface area contributed by atoms with E-state index in [0.717, 1.165) is 0 Å². The molecule has 2 aromatic rings. The fourth-order valence-electron chi connectivity index (χ4n) is 1.40. The van der Waals surface area contributed by atoms with E-state index >= 15 is 0 Å². The van der Waals surface area contributed by atoms with Gasteiger partial charge in [-0.1, -0.05) is 11.2 Å².